The number of aromatic nitrogens is 1. The van der Waals surface area contributed by atoms with Crippen LogP contribution in [0.25, 0.3) is 11.3 Å². The third kappa shape index (κ3) is 4.05. The van der Waals surface area contributed by atoms with Gasteiger partial charge in [0.1, 0.15) is 0 Å². The normalized spacial score (nSPS) is 20.9. The van der Waals surface area contributed by atoms with Gasteiger partial charge in [-0.1, -0.05) is 23.2 Å². The van der Waals surface area contributed by atoms with Gasteiger partial charge in [-0.15, -0.1) is 11.3 Å². The summed E-state index contributed by atoms with van der Waals surface area (Å²) in [5, 5.41) is 6.54. The molecule has 1 atom stereocenters. The van der Waals surface area contributed by atoms with Crippen molar-refractivity contribution in [1.82, 2.24) is 14.8 Å². The van der Waals surface area contributed by atoms with Crippen molar-refractivity contribution in [2.45, 2.75) is 18.9 Å². The standard InChI is InChI=1S/C18H20Cl2N4OS/c19-12-3-4-14(15(20)8-12)16-11-26-18(21-16)22-17(25)10-23-6-7-24-5-1-2-13(24)9-23/h3-4,8,11,13H,1-2,5-7,9-10H2,(H,21,22,25). The molecule has 0 saturated carbocycles. The molecule has 26 heavy (non-hydrogen) atoms. The van der Waals surface area contributed by atoms with Crippen LogP contribution in [0.2, 0.25) is 10.0 Å². The Bertz CT molecular complexity index is 812. The molecule has 2 fully saturated rings. The van der Waals surface area contributed by atoms with Crippen LogP contribution in [-0.4, -0.2) is 59.5 Å². The first-order chi connectivity index (χ1) is 12.6. The largest absolute Gasteiger partial charge is 0.301 e. The maximum atomic E-state index is 12.4. The predicted octanol–water partition coefficient (Wildman–Crippen LogP) is 3.84. The third-order valence-electron chi connectivity index (χ3n) is 5.00. The fourth-order valence-electron chi connectivity index (χ4n) is 3.71. The quantitative estimate of drug-likeness (QED) is 0.831. The molecule has 8 heteroatoms. The van der Waals surface area contributed by atoms with E-state index in [1.807, 2.05) is 11.4 Å². The van der Waals surface area contributed by atoms with Crippen LogP contribution in [0.15, 0.2) is 23.6 Å². The van der Waals surface area contributed by atoms with Crippen molar-refractivity contribution >= 4 is 45.6 Å². The third-order valence-corrected chi connectivity index (χ3v) is 6.30. The Balaban J connectivity index is 1.35. The van der Waals surface area contributed by atoms with E-state index >= 15 is 0 Å². The molecule has 2 saturated heterocycles. The Morgan fingerprint density at radius 1 is 1.31 bits per heavy atom. The highest BCUT2D eigenvalue weighted by Crippen LogP contribution is 2.32. The first-order valence-corrected chi connectivity index (χ1v) is 10.4. The molecule has 1 unspecified atom stereocenters. The number of benzene rings is 1. The number of fused-ring (bicyclic) bond motifs is 1. The van der Waals surface area contributed by atoms with Gasteiger partial charge < -0.3 is 5.32 Å². The molecular weight excluding hydrogens is 391 g/mol. The molecule has 1 amide bonds. The van der Waals surface area contributed by atoms with Gasteiger partial charge in [0, 0.05) is 41.6 Å². The van der Waals surface area contributed by atoms with E-state index in [4.69, 9.17) is 23.2 Å². The lowest BCUT2D eigenvalue weighted by Gasteiger charge is -2.36. The van der Waals surface area contributed by atoms with E-state index in [1.165, 1.54) is 30.7 Å². The van der Waals surface area contributed by atoms with E-state index in [1.54, 1.807) is 12.1 Å². The smallest absolute Gasteiger partial charge is 0.240 e. The first kappa shape index (κ1) is 18.2. The number of amides is 1. The molecule has 1 aromatic carbocycles. The lowest BCUT2D eigenvalue weighted by atomic mass is 10.1. The van der Waals surface area contributed by atoms with Crippen molar-refractivity contribution < 1.29 is 4.79 Å². The monoisotopic (exact) mass is 410 g/mol. The zero-order chi connectivity index (χ0) is 18.1. The molecule has 5 nitrogen and oxygen atoms in total. The summed E-state index contributed by atoms with van der Waals surface area (Å²) in [5.41, 5.74) is 1.55. The number of hydrogen-bond donors (Lipinski definition) is 1. The number of carbonyl (C=O) groups is 1. The van der Waals surface area contributed by atoms with Crippen molar-refractivity contribution in [1.29, 1.82) is 0 Å². The van der Waals surface area contributed by atoms with Crippen LogP contribution in [-0.2, 0) is 4.79 Å². The molecule has 3 heterocycles. The van der Waals surface area contributed by atoms with Gasteiger partial charge in [0.15, 0.2) is 5.13 Å². The van der Waals surface area contributed by atoms with E-state index in [0.717, 1.165) is 30.9 Å². The lowest BCUT2D eigenvalue weighted by Crippen LogP contribution is -2.51. The van der Waals surface area contributed by atoms with Crippen LogP contribution < -0.4 is 5.32 Å². The van der Waals surface area contributed by atoms with Gasteiger partial charge in [-0.25, -0.2) is 4.98 Å². The second-order valence-corrected chi connectivity index (χ2v) is 8.48. The first-order valence-electron chi connectivity index (χ1n) is 8.76. The Labute approximate surface area is 166 Å². The van der Waals surface area contributed by atoms with Crippen molar-refractivity contribution in [2.75, 3.05) is 38.0 Å². The fourth-order valence-corrected chi connectivity index (χ4v) is 4.95. The topological polar surface area (TPSA) is 48.5 Å². The maximum absolute atomic E-state index is 12.4. The van der Waals surface area contributed by atoms with Gasteiger partial charge in [-0.2, -0.15) is 0 Å². The minimum Gasteiger partial charge on any atom is -0.301 e. The summed E-state index contributed by atoms with van der Waals surface area (Å²) in [5.74, 6) is -0.0143. The SMILES string of the molecule is O=C(CN1CCN2CCCC2C1)Nc1nc(-c2ccc(Cl)cc2Cl)cs1. The molecule has 1 aromatic heterocycles. The second kappa shape index (κ2) is 7.82. The highest BCUT2D eigenvalue weighted by atomic mass is 35.5. The molecule has 2 aliphatic heterocycles. The highest BCUT2D eigenvalue weighted by molar-refractivity contribution is 7.14. The molecule has 0 aliphatic carbocycles. The zero-order valence-electron chi connectivity index (χ0n) is 14.3. The second-order valence-electron chi connectivity index (χ2n) is 6.78. The van der Waals surface area contributed by atoms with Crippen LogP contribution in [0, 0.1) is 0 Å². The van der Waals surface area contributed by atoms with Gasteiger partial charge in [0.2, 0.25) is 5.91 Å². The van der Waals surface area contributed by atoms with Gasteiger partial charge in [-0.3, -0.25) is 14.6 Å². The molecule has 138 valence electrons. The van der Waals surface area contributed by atoms with E-state index in [2.05, 4.69) is 20.1 Å². The number of thiazole rings is 1. The Kier molecular flexibility index (Phi) is 5.47. The number of hydrogen-bond acceptors (Lipinski definition) is 5. The average Bonchev–Trinajstić information content (AvgIpc) is 3.23. The van der Waals surface area contributed by atoms with Gasteiger partial charge in [0.05, 0.1) is 17.3 Å². The maximum Gasteiger partial charge on any atom is 0.240 e. The Morgan fingerprint density at radius 3 is 3.04 bits per heavy atom. The van der Waals surface area contributed by atoms with Crippen molar-refractivity contribution in [3.8, 4) is 11.3 Å². The van der Waals surface area contributed by atoms with E-state index in [-0.39, 0.29) is 5.91 Å². The summed E-state index contributed by atoms with van der Waals surface area (Å²) in [6, 6.07) is 5.93. The molecular formula is C18H20Cl2N4OS. The van der Waals surface area contributed by atoms with Crippen molar-refractivity contribution in [3.05, 3.63) is 33.6 Å². The van der Waals surface area contributed by atoms with E-state index in [0.29, 0.717) is 27.8 Å². The van der Waals surface area contributed by atoms with Crippen LogP contribution in [0.5, 0.6) is 0 Å². The summed E-state index contributed by atoms with van der Waals surface area (Å²) >= 11 is 13.6. The number of nitrogens with zero attached hydrogens (tertiary/aromatic N) is 3. The minimum absolute atomic E-state index is 0.0143. The number of rotatable bonds is 4. The number of carbonyl (C=O) groups excluding carboxylic acids is 1. The molecule has 0 spiro atoms. The molecule has 0 bridgehead atoms. The zero-order valence-corrected chi connectivity index (χ0v) is 16.6. The van der Waals surface area contributed by atoms with Crippen molar-refractivity contribution in [2.24, 2.45) is 0 Å². The summed E-state index contributed by atoms with van der Waals surface area (Å²) in [6.07, 6.45) is 2.52. The Hall–Kier alpha value is -1.18. The van der Waals surface area contributed by atoms with Crippen molar-refractivity contribution in [3.63, 3.8) is 0 Å². The number of halogens is 2. The summed E-state index contributed by atoms with van der Waals surface area (Å²) in [7, 11) is 0. The highest BCUT2D eigenvalue weighted by Gasteiger charge is 2.31. The fraction of sp³-hybridized carbons (Fsp3) is 0.444. The van der Waals surface area contributed by atoms with Gasteiger partial charge >= 0.3 is 0 Å². The summed E-state index contributed by atoms with van der Waals surface area (Å²) in [4.78, 5) is 21.7. The molecule has 1 N–H and O–H groups in total. The Morgan fingerprint density at radius 2 is 2.19 bits per heavy atom. The van der Waals surface area contributed by atoms with E-state index < -0.39 is 0 Å². The number of anilines is 1. The van der Waals surface area contributed by atoms with Crippen LogP contribution in [0.4, 0.5) is 5.13 Å². The summed E-state index contributed by atoms with van der Waals surface area (Å²) < 4.78 is 0. The lowest BCUT2D eigenvalue weighted by molar-refractivity contribution is -0.117. The van der Waals surface area contributed by atoms with Crippen LogP contribution in [0.1, 0.15) is 12.8 Å². The number of nitrogens with one attached hydrogen (secondary N) is 1. The predicted molar refractivity (Wildman–Crippen MR) is 107 cm³/mol. The number of piperazine rings is 1. The average molecular weight is 411 g/mol. The molecule has 2 aromatic rings. The van der Waals surface area contributed by atoms with Gasteiger partial charge in [0.25, 0.3) is 0 Å². The molecule has 4 rings (SSSR count). The molecule has 0 radical (unpaired) electrons. The van der Waals surface area contributed by atoms with E-state index in [9.17, 15) is 4.79 Å². The van der Waals surface area contributed by atoms with Gasteiger partial charge in [-0.05, 0) is 37.6 Å². The molecule has 2 aliphatic rings. The van der Waals surface area contributed by atoms with Crippen LogP contribution >= 0.6 is 34.5 Å². The summed E-state index contributed by atoms with van der Waals surface area (Å²) in [6.45, 7) is 4.62. The van der Waals surface area contributed by atoms with Crippen LogP contribution in [0.3, 0.4) is 0 Å². The minimum atomic E-state index is -0.0143.